The Morgan fingerprint density at radius 2 is 2.47 bits per heavy atom. The lowest BCUT2D eigenvalue weighted by Crippen LogP contribution is -2.30. The molecule has 82 valence electrons. The Morgan fingerprint density at radius 3 is 3.20 bits per heavy atom. The van der Waals surface area contributed by atoms with E-state index in [0.29, 0.717) is 5.15 Å². The van der Waals surface area contributed by atoms with E-state index in [1.807, 2.05) is 6.07 Å². The van der Waals surface area contributed by atoms with Crippen molar-refractivity contribution in [1.82, 2.24) is 10.3 Å². The van der Waals surface area contributed by atoms with Crippen LogP contribution in [0.15, 0.2) is 16.7 Å². The summed E-state index contributed by atoms with van der Waals surface area (Å²) < 4.78 is 1.07. The van der Waals surface area contributed by atoms with Crippen molar-refractivity contribution in [1.29, 1.82) is 0 Å². The lowest BCUT2D eigenvalue weighted by Gasteiger charge is -2.23. The summed E-state index contributed by atoms with van der Waals surface area (Å²) in [5.41, 5.74) is 1.27. The molecule has 2 heterocycles. The van der Waals surface area contributed by atoms with Crippen LogP contribution in [0.25, 0.3) is 0 Å². The van der Waals surface area contributed by atoms with Crippen LogP contribution in [-0.4, -0.2) is 18.1 Å². The van der Waals surface area contributed by atoms with Gasteiger partial charge in [-0.3, -0.25) is 0 Å². The summed E-state index contributed by atoms with van der Waals surface area (Å²) in [7, 11) is 0. The molecule has 1 N–H and O–H groups in total. The van der Waals surface area contributed by atoms with Gasteiger partial charge in [-0.15, -0.1) is 0 Å². The lowest BCUT2D eigenvalue weighted by molar-refractivity contribution is 0.375. The third-order valence-electron chi connectivity index (χ3n) is 2.81. The maximum atomic E-state index is 5.89. The number of nitrogens with one attached hydrogen (secondary N) is 1. The molecule has 1 atom stereocenters. The van der Waals surface area contributed by atoms with Gasteiger partial charge in [-0.1, -0.05) is 11.6 Å². The molecule has 0 saturated carbocycles. The minimum atomic E-state index is 0.581. The van der Waals surface area contributed by atoms with Crippen molar-refractivity contribution in [2.45, 2.75) is 19.3 Å². The molecule has 1 aliphatic heterocycles. The largest absolute Gasteiger partial charge is 0.316 e. The minimum Gasteiger partial charge on any atom is -0.316 e. The van der Waals surface area contributed by atoms with E-state index in [9.17, 15) is 0 Å². The van der Waals surface area contributed by atoms with Crippen LogP contribution in [0.2, 0.25) is 5.15 Å². The fourth-order valence-electron chi connectivity index (χ4n) is 2.02. The van der Waals surface area contributed by atoms with E-state index in [1.165, 1.54) is 18.4 Å². The van der Waals surface area contributed by atoms with Crippen LogP contribution in [0.5, 0.6) is 0 Å². The molecule has 15 heavy (non-hydrogen) atoms. The zero-order valence-electron chi connectivity index (χ0n) is 8.47. The predicted molar refractivity (Wildman–Crippen MR) is 66.2 cm³/mol. The molecule has 1 aliphatic rings. The van der Waals surface area contributed by atoms with Crippen LogP contribution < -0.4 is 5.32 Å². The zero-order valence-corrected chi connectivity index (χ0v) is 10.8. The highest BCUT2D eigenvalue weighted by Gasteiger charge is 2.15. The molecule has 0 aliphatic carbocycles. The fourth-order valence-corrected chi connectivity index (χ4v) is 2.58. The molecular formula is C11H14BrClN2. The summed E-state index contributed by atoms with van der Waals surface area (Å²) in [5.74, 6) is 0.730. The fraction of sp³-hybridized carbons (Fsp3) is 0.545. The molecule has 1 aromatic rings. The molecule has 2 rings (SSSR count). The Bertz CT molecular complexity index is 337. The van der Waals surface area contributed by atoms with Gasteiger partial charge in [0.2, 0.25) is 0 Å². The van der Waals surface area contributed by atoms with Gasteiger partial charge in [0.1, 0.15) is 5.15 Å². The highest BCUT2D eigenvalue weighted by molar-refractivity contribution is 9.10. The molecule has 0 bridgehead atoms. The van der Waals surface area contributed by atoms with Crippen LogP contribution in [0.1, 0.15) is 18.4 Å². The first kappa shape index (κ1) is 11.4. The maximum Gasteiger partial charge on any atom is 0.129 e. The second kappa shape index (κ2) is 5.28. The van der Waals surface area contributed by atoms with Crippen molar-refractivity contribution in [2.24, 2.45) is 5.92 Å². The van der Waals surface area contributed by atoms with Gasteiger partial charge in [0.25, 0.3) is 0 Å². The standard InChI is InChI=1S/C11H14BrClN2/c12-10-7-15-11(13)5-9(10)4-8-2-1-3-14-6-8/h5,7-8,14H,1-4,6H2. The zero-order chi connectivity index (χ0) is 10.7. The summed E-state index contributed by atoms with van der Waals surface area (Å²) in [6.07, 6.45) is 5.45. The van der Waals surface area contributed by atoms with Crippen LogP contribution in [-0.2, 0) is 6.42 Å². The Balaban J connectivity index is 2.05. The number of hydrogen-bond acceptors (Lipinski definition) is 2. The third-order valence-corrected chi connectivity index (χ3v) is 3.73. The average molecular weight is 290 g/mol. The van der Waals surface area contributed by atoms with Gasteiger partial charge in [-0.2, -0.15) is 0 Å². The molecule has 1 unspecified atom stereocenters. The van der Waals surface area contributed by atoms with Crippen molar-refractivity contribution >= 4 is 27.5 Å². The van der Waals surface area contributed by atoms with Crippen LogP contribution >= 0.6 is 27.5 Å². The monoisotopic (exact) mass is 288 g/mol. The number of halogens is 2. The molecule has 1 fully saturated rings. The summed E-state index contributed by atoms with van der Waals surface area (Å²) in [5, 5.41) is 4.01. The summed E-state index contributed by atoms with van der Waals surface area (Å²) in [6, 6.07) is 1.96. The molecule has 1 saturated heterocycles. The number of hydrogen-bond donors (Lipinski definition) is 1. The molecule has 0 aromatic carbocycles. The summed E-state index contributed by atoms with van der Waals surface area (Å²) in [6.45, 7) is 2.28. The molecule has 2 nitrogen and oxygen atoms in total. The van der Waals surface area contributed by atoms with Gasteiger partial charge < -0.3 is 5.32 Å². The van der Waals surface area contributed by atoms with Crippen molar-refractivity contribution in [3.05, 3.63) is 27.5 Å². The van der Waals surface area contributed by atoms with Gasteiger partial charge in [0.15, 0.2) is 0 Å². The van der Waals surface area contributed by atoms with E-state index in [0.717, 1.165) is 29.9 Å². The van der Waals surface area contributed by atoms with Gasteiger partial charge in [0.05, 0.1) is 0 Å². The Kier molecular flexibility index (Phi) is 4.00. The van der Waals surface area contributed by atoms with E-state index >= 15 is 0 Å². The first-order valence-electron chi connectivity index (χ1n) is 5.26. The van der Waals surface area contributed by atoms with Crippen LogP contribution in [0.4, 0.5) is 0 Å². The molecular weight excluding hydrogens is 275 g/mol. The summed E-state index contributed by atoms with van der Waals surface area (Å²) in [4.78, 5) is 4.04. The first-order valence-corrected chi connectivity index (χ1v) is 6.43. The van der Waals surface area contributed by atoms with E-state index in [1.54, 1.807) is 6.20 Å². The molecule has 0 spiro atoms. The lowest BCUT2D eigenvalue weighted by atomic mass is 9.93. The number of rotatable bonds is 2. The van der Waals surface area contributed by atoms with E-state index in [2.05, 4.69) is 26.2 Å². The van der Waals surface area contributed by atoms with Crippen molar-refractivity contribution in [3.63, 3.8) is 0 Å². The maximum absolute atomic E-state index is 5.89. The Hall–Kier alpha value is -0.120. The first-order chi connectivity index (χ1) is 7.25. The van der Waals surface area contributed by atoms with Crippen molar-refractivity contribution < 1.29 is 0 Å². The average Bonchev–Trinajstić information content (AvgIpc) is 2.25. The second-order valence-corrected chi connectivity index (χ2v) is 5.26. The second-order valence-electron chi connectivity index (χ2n) is 4.01. The van der Waals surface area contributed by atoms with E-state index in [-0.39, 0.29) is 0 Å². The van der Waals surface area contributed by atoms with Crippen molar-refractivity contribution in [2.75, 3.05) is 13.1 Å². The van der Waals surface area contributed by atoms with Crippen LogP contribution in [0, 0.1) is 5.92 Å². The smallest absolute Gasteiger partial charge is 0.129 e. The highest BCUT2D eigenvalue weighted by Crippen LogP contribution is 2.24. The third kappa shape index (κ3) is 3.16. The summed E-state index contributed by atoms with van der Waals surface area (Å²) >= 11 is 9.40. The molecule has 0 radical (unpaired) electrons. The number of piperidine rings is 1. The quantitative estimate of drug-likeness (QED) is 0.847. The normalized spacial score (nSPS) is 21.6. The minimum absolute atomic E-state index is 0.581. The van der Waals surface area contributed by atoms with E-state index in [4.69, 9.17) is 11.6 Å². The van der Waals surface area contributed by atoms with Gasteiger partial charge >= 0.3 is 0 Å². The SMILES string of the molecule is Clc1cc(CC2CCCNC2)c(Br)cn1. The van der Waals surface area contributed by atoms with Gasteiger partial charge in [-0.05, 0) is 65.8 Å². The number of aromatic nitrogens is 1. The van der Waals surface area contributed by atoms with E-state index < -0.39 is 0 Å². The molecule has 1 aromatic heterocycles. The van der Waals surface area contributed by atoms with Crippen LogP contribution in [0.3, 0.4) is 0 Å². The predicted octanol–water partition coefficient (Wildman–Crippen LogP) is 3.04. The topological polar surface area (TPSA) is 24.9 Å². The highest BCUT2D eigenvalue weighted by atomic mass is 79.9. The van der Waals surface area contributed by atoms with Gasteiger partial charge in [-0.25, -0.2) is 4.98 Å². The number of nitrogens with zero attached hydrogens (tertiary/aromatic N) is 1. The number of pyridine rings is 1. The Morgan fingerprint density at radius 1 is 1.60 bits per heavy atom. The van der Waals surface area contributed by atoms with Crippen molar-refractivity contribution in [3.8, 4) is 0 Å². The molecule has 0 amide bonds. The Labute approximate surface area is 104 Å². The van der Waals surface area contributed by atoms with Gasteiger partial charge in [0, 0.05) is 10.7 Å². The molecule has 4 heteroatoms.